The van der Waals surface area contributed by atoms with Gasteiger partial charge in [-0.15, -0.1) is 6.42 Å². The second kappa shape index (κ2) is 14.2. The first-order valence-corrected chi connectivity index (χ1v) is 19.0. The Balaban J connectivity index is 1.22. The van der Waals surface area contributed by atoms with Gasteiger partial charge in [0, 0.05) is 49.1 Å². The molecule has 5 heterocycles. The number of hydrogen-bond donors (Lipinski definition) is 2. The predicted octanol–water partition coefficient (Wildman–Crippen LogP) is 6.08. The van der Waals surface area contributed by atoms with Gasteiger partial charge in [-0.2, -0.15) is 15.2 Å². The second-order valence-electron chi connectivity index (χ2n) is 16.1. The van der Waals surface area contributed by atoms with Crippen molar-refractivity contribution in [1.82, 2.24) is 30.1 Å². The quantitative estimate of drug-likeness (QED) is 0.193. The molecule has 0 radical (unpaired) electrons. The first-order valence-electron chi connectivity index (χ1n) is 19.0. The minimum atomic E-state index is -1.06. The number of halogens is 3. The highest BCUT2D eigenvalue weighted by Gasteiger charge is 2.47. The first kappa shape index (κ1) is 37.4. The van der Waals surface area contributed by atoms with E-state index in [0.29, 0.717) is 63.1 Å². The molecule has 2 aromatic carbocycles. The zero-order chi connectivity index (χ0) is 39.5. The molecule has 4 aliphatic rings. The number of amides is 2. The lowest BCUT2D eigenvalue weighted by Gasteiger charge is -2.42. The number of alkyl halides is 1. The van der Waals surface area contributed by atoms with Gasteiger partial charge in [-0.1, -0.05) is 12.0 Å². The molecule has 2 N–H and O–H groups in total. The number of ether oxygens (including phenoxy) is 2. The highest BCUT2D eigenvalue weighted by Crippen LogP contribution is 2.48. The van der Waals surface area contributed by atoms with Crippen LogP contribution in [0.1, 0.15) is 57.9 Å². The normalized spacial score (nSPS) is 20.9. The monoisotopic (exact) mass is 768 g/mol. The van der Waals surface area contributed by atoms with Crippen molar-refractivity contribution >= 4 is 33.5 Å². The molecule has 3 aliphatic heterocycles. The Morgan fingerprint density at radius 3 is 2.45 bits per heavy atom. The summed E-state index contributed by atoms with van der Waals surface area (Å²) in [5.74, 6) is 0.856. The largest absolute Gasteiger partial charge is 0.508 e. The number of terminal acetylenes is 1. The summed E-state index contributed by atoms with van der Waals surface area (Å²) in [5, 5.41) is 23.8. The van der Waals surface area contributed by atoms with Crippen LogP contribution < -0.4 is 19.7 Å². The van der Waals surface area contributed by atoms with Crippen LogP contribution >= 0.6 is 0 Å². The fourth-order valence-electron chi connectivity index (χ4n) is 8.52. The summed E-state index contributed by atoms with van der Waals surface area (Å²) in [7, 11) is 1.39. The Kier molecular flexibility index (Phi) is 9.48. The Labute approximate surface area is 322 Å². The number of phenolic OH excluding ortho intramolecular Hbond substituents is 1. The number of nitriles is 1. The Hall–Kier alpha value is -5.54. The van der Waals surface area contributed by atoms with Gasteiger partial charge < -0.3 is 34.6 Å². The van der Waals surface area contributed by atoms with Crippen molar-refractivity contribution in [2.24, 2.45) is 5.41 Å². The van der Waals surface area contributed by atoms with Crippen molar-refractivity contribution in [2.45, 2.75) is 76.2 Å². The summed E-state index contributed by atoms with van der Waals surface area (Å²) in [6.45, 7) is 6.31. The molecular weight excluding hydrogens is 725 g/mol. The maximum atomic E-state index is 17.3. The van der Waals surface area contributed by atoms with Crippen LogP contribution in [0.5, 0.6) is 17.6 Å². The summed E-state index contributed by atoms with van der Waals surface area (Å²) in [5.41, 5.74) is -1.75. The maximum absolute atomic E-state index is 17.3. The van der Waals surface area contributed by atoms with E-state index < -0.39 is 23.3 Å². The van der Waals surface area contributed by atoms with Crippen molar-refractivity contribution in [1.29, 1.82) is 5.26 Å². The fourth-order valence-corrected chi connectivity index (χ4v) is 8.52. The third kappa shape index (κ3) is 6.83. The molecule has 15 heteroatoms. The third-order valence-electron chi connectivity index (χ3n) is 11.6. The number of aromatic nitrogens is 3. The van der Waals surface area contributed by atoms with Crippen LogP contribution in [0.3, 0.4) is 0 Å². The number of anilines is 1. The van der Waals surface area contributed by atoms with Crippen molar-refractivity contribution < 1.29 is 32.5 Å². The lowest BCUT2D eigenvalue weighted by Crippen LogP contribution is -2.60. The van der Waals surface area contributed by atoms with Crippen LogP contribution in [0, 0.1) is 40.7 Å². The number of methoxy groups -OCH3 is 1. The molecule has 4 fully saturated rings. The van der Waals surface area contributed by atoms with Gasteiger partial charge in [0.25, 0.3) is 0 Å². The van der Waals surface area contributed by atoms with Gasteiger partial charge in [-0.3, -0.25) is 0 Å². The van der Waals surface area contributed by atoms with E-state index in [0.717, 1.165) is 19.4 Å². The zero-order valence-corrected chi connectivity index (χ0v) is 31.5. The van der Waals surface area contributed by atoms with E-state index >= 15 is 8.78 Å². The lowest BCUT2D eigenvalue weighted by atomic mass is 9.95. The molecular formula is C41H43F3N8O4. The molecule has 2 aromatic heterocycles. The minimum Gasteiger partial charge on any atom is -0.508 e. The molecule has 2 atom stereocenters. The number of benzene rings is 2. The summed E-state index contributed by atoms with van der Waals surface area (Å²) < 4.78 is 58.4. The highest BCUT2D eigenvalue weighted by molar-refractivity contribution is 6.04. The van der Waals surface area contributed by atoms with Crippen molar-refractivity contribution in [2.75, 3.05) is 51.3 Å². The standard InChI is InChI=1S/C41H43F3N8O4/c1-5-28-30(43)9-6-23-16-27(53)17-29(31(23)28)34-33(44)35-32(37(46-34)55-4)36(51-18-25-7-8-26(19-51)52(25)39(54)49-40(2,3)20-45)48-38(47-35)56-22-41(12-13-41)21-50-14-10-24(42)11-15-50/h1,6,9,16-17,24-26,53H,7-8,10-15,18-19,21-22H2,2-4H3,(H,49,54). The maximum Gasteiger partial charge on any atom is 0.319 e. The predicted molar refractivity (Wildman–Crippen MR) is 203 cm³/mol. The van der Waals surface area contributed by atoms with Gasteiger partial charge in [0.2, 0.25) is 5.88 Å². The van der Waals surface area contributed by atoms with E-state index in [2.05, 4.69) is 32.2 Å². The summed E-state index contributed by atoms with van der Waals surface area (Å²) in [6, 6.07) is 6.55. The van der Waals surface area contributed by atoms with Crippen molar-refractivity contribution in [3.8, 4) is 47.3 Å². The van der Waals surface area contributed by atoms with Gasteiger partial charge in [0.1, 0.15) is 45.7 Å². The Morgan fingerprint density at radius 2 is 1.80 bits per heavy atom. The number of fused-ring (bicyclic) bond motifs is 4. The number of nitrogens with one attached hydrogen (secondary N) is 1. The molecule has 1 aliphatic carbocycles. The first-order chi connectivity index (χ1) is 26.8. The number of carbonyl (C=O) groups excluding carboxylic acids is 1. The number of rotatable bonds is 9. The molecule has 3 saturated heterocycles. The lowest BCUT2D eigenvalue weighted by molar-refractivity contribution is 0.107. The average Bonchev–Trinajstić information content (AvgIpc) is 3.89. The molecule has 8 rings (SSSR count). The van der Waals surface area contributed by atoms with E-state index in [1.807, 2.05) is 4.90 Å². The van der Waals surface area contributed by atoms with E-state index in [1.165, 1.54) is 31.4 Å². The van der Waals surface area contributed by atoms with Gasteiger partial charge in [0.15, 0.2) is 5.82 Å². The number of piperazine rings is 1. The molecule has 56 heavy (non-hydrogen) atoms. The van der Waals surface area contributed by atoms with Gasteiger partial charge in [0.05, 0.1) is 37.4 Å². The Bertz CT molecular complexity index is 2300. The smallest absolute Gasteiger partial charge is 0.319 e. The number of piperidine rings is 1. The number of nitrogens with zero attached hydrogens (tertiary/aromatic N) is 7. The molecule has 1 saturated carbocycles. The molecule has 2 unspecified atom stereocenters. The topological polar surface area (TPSA) is 140 Å². The number of urea groups is 1. The van der Waals surface area contributed by atoms with E-state index in [1.54, 1.807) is 18.7 Å². The van der Waals surface area contributed by atoms with Crippen LogP contribution in [-0.4, -0.2) is 106 Å². The molecule has 0 spiro atoms. The second-order valence-corrected chi connectivity index (χ2v) is 16.1. The number of pyridine rings is 1. The van der Waals surface area contributed by atoms with E-state index in [-0.39, 0.29) is 80.9 Å². The van der Waals surface area contributed by atoms with Crippen LogP contribution in [0.15, 0.2) is 24.3 Å². The number of carbonyl (C=O) groups is 1. The van der Waals surface area contributed by atoms with Crippen molar-refractivity contribution in [3.05, 3.63) is 41.5 Å². The highest BCUT2D eigenvalue weighted by atomic mass is 19.1. The number of likely N-dealkylation sites (tertiary alicyclic amines) is 1. The van der Waals surface area contributed by atoms with E-state index in [4.69, 9.17) is 20.9 Å². The average molecular weight is 769 g/mol. The molecule has 292 valence electrons. The number of aromatic hydroxyl groups is 1. The van der Waals surface area contributed by atoms with Crippen LogP contribution in [0.4, 0.5) is 23.8 Å². The number of hydrogen-bond acceptors (Lipinski definition) is 10. The molecule has 2 bridgehead atoms. The SMILES string of the molecule is C#Cc1c(F)ccc2cc(O)cc(-c3nc(OC)c4c(N5CC6CCC(C5)N6C(=O)NC(C)(C)C#N)nc(OCC5(CN6CCC(F)CC6)CC5)nc4c3F)c12. The van der Waals surface area contributed by atoms with Crippen LogP contribution in [-0.2, 0) is 0 Å². The minimum absolute atomic E-state index is 0.0219. The summed E-state index contributed by atoms with van der Waals surface area (Å²) >= 11 is 0. The third-order valence-corrected chi connectivity index (χ3v) is 11.6. The van der Waals surface area contributed by atoms with E-state index in [9.17, 15) is 19.6 Å². The Morgan fingerprint density at radius 1 is 1.09 bits per heavy atom. The molecule has 2 amide bonds. The van der Waals surface area contributed by atoms with Crippen LogP contribution in [0.25, 0.3) is 32.9 Å². The van der Waals surface area contributed by atoms with Gasteiger partial charge in [-0.05, 0) is 76.0 Å². The molecule has 4 aromatic rings. The van der Waals surface area contributed by atoms with Crippen molar-refractivity contribution in [3.63, 3.8) is 0 Å². The summed E-state index contributed by atoms with van der Waals surface area (Å²) in [4.78, 5) is 33.5. The summed E-state index contributed by atoms with van der Waals surface area (Å²) in [6.07, 6.45) is 9.21. The van der Waals surface area contributed by atoms with Gasteiger partial charge in [-0.25, -0.2) is 22.9 Å². The fraction of sp³-hybridized carbons (Fsp3) is 0.488. The molecule has 12 nitrogen and oxygen atoms in total. The number of phenols is 1. The van der Waals surface area contributed by atoms with Crippen LogP contribution in [0.2, 0.25) is 0 Å². The van der Waals surface area contributed by atoms with Gasteiger partial charge >= 0.3 is 12.0 Å². The zero-order valence-electron chi connectivity index (χ0n) is 31.5.